The first kappa shape index (κ1) is 9.89. The molecule has 3 aromatic rings. The first-order valence-electron chi connectivity index (χ1n) is 5.35. The van der Waals surface area contributed by atoms with Crippen LogP contribution in [0, 0.1) is 0 Å². The molecule has 5 nitrogen and oxygen atoms in total. The van der Waals surface area contributed by atoms with E-state index in [9.17, 15) is 0 Å². The second-order valence-electron chi connectivity index (χ2n) is 4.15. The molecule has 0 saturated carbocycles. The van der Waals surface area contributed by atoms with E-state index in [0.29, 0.717) is 5.95 Å². The summed E-state index contributed by atoms with van der Waals surface area (Å²) in [6.07, 6.45) is 3.72. The van der Waals surface area contributed by atoms with Gasteiger partial charge in [0, 0.05) is 25.9 Å². The molecule has 1 aromatic carbocycles. The number of imidazole rings is 2. The zero-order chi connectivity index (χ0) is 12.0. The number of aryl methyl sites for hydroxylation is 2. The van der Waals surface area contributed by atoms with Gasteiger partial charge in [-0.3, -0.25) is 0 Å². The molecule has 2 N–H and O–H groups in total. The second kappa shape index (κ2) is 3.35. The molecule has 0 saturated heterocycles. The highest BCUT2D eigenvalue weighted by Crippen LogP contribution is 2.23. The molecular weight excluding hydrogens is 214 g/mol. The summed E-state index contributed by atoms with van der Waals surface area (Å²) in [7, 11) is 3.86. The molecule has 2 aromatic heterocycles. The van der Waals surface area contributed by atoms with Crippen LogP contribution in [0.5, 0.6) is 0 Å². The topological polar surface area (TPSA) is 61.7 Å². The number of nitrogen functional groups attached to an aromatic ring is 1. The van der Waals surface area contributed by atoms with Crippen molar-refractivity contribution in [3.05, 3.63) is 30.7 Å². The summed E-state index contributed by atoms with van der Waals surface area (Å²) >= 11 is 0. The summed E-state index contributed by atoms with van der Waals surface area (Å²) in [6.45, 7) is 0. The Bertz CT molecular complexity index is 673. The van der Waals surface area contributed by atoms with Crippen molar-refractivity contribution >= 4 is 17.0 Å². The van der Waals surface area contributed by atoms with Crippen molar-refractivity contribution in [1.82, 2.24) is 19.1 Å². The van der Waals surface area contributed by atoms with Crippen LogP contribution in [0.2, 0.25) is 0 Å². The van der Waals surface area contributed by atoms with Crippen LogP contribution in [0.15, 0.2) is 30.7 Å². The Balaban J connectivity index is 2.17. The predicted octanol–water partition coefficient (Wildman–Crippen LogP) is 1.56. The molecule has 0 atom stereocenters. The highest BCUT2D eigenvalue weighted by atomic mass is 15.1. The maximum absolute atomic E-state index is 5.73. The number of anilines is 1. The van der Waals surface area contributed by atoms with E-state index in [1.165, 1.54) is 0 Å². The quantitative estimate of drug-likeness (QED) is 0.686. The van der Waals surface area contributed by atoms with Crippen molar-refractivity contribution < 1.29 is 0 Å². The molecule has 2 heterocycles. The second-order valence-corrected chi connectivity index (χ2v) is 4.15. The fraction of sp³-hybridized carbons (Fsp3) is 0.167. The maximum Gasteiger partial charge on any atom is 0.200 e. The van der Waals surface area contributed by atoms with Crippen LogP contribution in [0.25, 0.3) is 22.3 Å². The number of hydrogen-bond acceptors (Lipinski definition) is 3. The third-order valence-corrected chi connectivity index (χ3v) is 2.93. The molecule has 0 fully saturated rings. The lowest BCUT2D eigenvalue weighted by atomic mass is 10.1. The first-order valence-corrected chi connectivity index (χ1v) is 5.35. The highest BCUT2D eigenvalue weighted by Gasteiger charge is 2.07. The van der Waals surface area contributed by atoms with Crippen molar-refractivity contribution in [3.63, 3.8) is 0 Å². The van der Waals surface area contributed by atoms with Crippen molar-refractivity contribution in [2.45, 2.75) is 0 Å². The van der Waals surface area contributed by atoms with Gasteiger partial charge in [0.1, 0.15) is 0 Å². The number of nitrogens with zero attached hydrogens (tertiary/aromatic N) is 4. The van der Waals surface area contributed by atoms with Crippen LogP contribution in [0.3, 0.4) is 0 Å². The van der Waals surface area contributed by atoms with Crippen molar-refractivity contribution in [3.8, 4) is 11.3 Å². The fourth-order valence-corrected chi connectivity index (χ4v) is 1.92. The van der Waals surface area contributed by atoms with Crippen molar-refractivity contribution in [1.29, 1.82) is 0 Å². The van der Waals surface area contributed by atoms with E-state index >= 15 is 0 Å². The van der Waals surface area contributed by atoms with Crippen LogP contribution in [0.4, 0.5) is 5.95 Å². The first-order chi connectivity index (χ1) is 8.15. The third kappa shape index (κ3) is 1.47. The van der Waals surface area contributed by atoms with Crippen LogP contribution < -0.4 is 5.73 Å². The van der Waals surface area contributed by atoms with Crippen LogP contribution in [-0.2, 0) is 14.1 Å². The average molecular weight is 227 g/mol. The molecule has 0 aliphatic rings. The third-order valence-electron chi connectivity index (χ3n) is 2.93. The SMILES string of the molecule is Cn1cc(-c2ccc3c(c2)ncn3C)nc1N. The van der Waals surface area contributed by atoms with Gasteiger partial charge in [-0.15, -0.1) is 0 Å². The molecule has 0 unspecified atom stereocenters. The monoisotopic (exact) mass is 227 g/mol. The zero-order valence-electron chi connectivity index (χ0n) is 9.75. The van der Waals surface area contributed by atoms with Gasteiger partial charge >= 0.3 is 0 Å². The fourth-order valence-electron chi connectivity index (χ4n) is 1.92. The molecule has 0 spiro atoms. The minimum Gasteiger partial charge on any atom is -0.369 e. The number of hydrogen-bond donors (Lipinski definition) is 1. The van der Waals surface area contributed by atoms with Gasteiger partial charge in [-0.25, -0.2) is 9.97 Å². The summed E-state index contributed by atoms with van der Waals surface area (Å²) in [5, 5.41) is 0. The molecule has 5 heteroatoms. The summed E-state index contributed by atoms with van der Waals surface area (Å²) in [6, 6.07) is 6.10. The number of nitrogens with two attached hydrogens (primary N) is 1. The molecule has 3 rings (SSSR count). The number of benzene rings is 1. The summed E-state index contributed by atoms with van der Waals surface area (Å²) in [4.78, 5) is 8.63. The number of rotatable bonds is 1. The normalized spacial score (nSPS) is 11.2. The molecular formula is C12H13N5. The smallest absolute Gasteiger partial charge is 0.200 e. The van der Waals surface area contributed by atoms with E-state index in [1.807, 2.05) is 43.1 Å². The Morgan fingerprint density at radius 3 is 2.71 bits per heavy atom. The minimum absolute atomic E-state index is 0.515. The molecule has 86 valence electrons. The Morgan fingerprint density at radius 2 is 2.00 bits per heavy atom. The molecule has 0 amide bonds. The van der Waals surface area contributed by atoms with Gasteiger partial charge in [0.05, 0.1) is 23.1 Å². The Hall–Kier alpha value is -2.30. The molecule has 0 radical (unpaired) electrons. The molecule has 17 heavy (non-hydrogen) atoms. The Morgan fingerprint density at radius 1 is 1.18 bits per heavy atom. The predicted molar refractivity (Wildman–Crippen MR) is 67.3 cm³/mol. The van der Waals surface area contributed by atoms with Crippen molar-refractivity contribution in [2.75, 3.05) is 5.73 Å². The largest absolute Gasteiger partial charge is 0.369 e. The van der Waals surface area contributed by atoms with E-state index < -0.39 is 0 Å². The van der Waals surface area contributed by atoms with Crippen LogP contribution >= 0.6 is 0 Å². The molecule has 0 aliphatic carbocycles. The Labute approximate surface area is 98.5 Å². The molecule has 0 bridgehead atoms. The van der Waals surface area contributed by atoms with E-state index in [1.54, 1.807) is 10.9 Å². The highest BCUT2D eigenvalue weighted by molar-refractivity contribution is 5.81. The number of fused-ring (bicyclic) bond motifs is 1. The van der Waals surface area contributed by atoms with Gasteiger partial charge in [-0.2, -0.15) is 0 Å². The van der Waals surface area contributed by atoms with E-state index in [0.717, 1.165) is 22.3 Å². The average Bonchev–Trinajstić information content (AvgIpc) is 2.84. The lowest BCUT2D eigenvalue weighted by Crippen LogP contribution is -1.94. The van der Waals surface area contributed by atoms with E-state index in [-0.39, 0.29) is 0 Å². The zero-order valence-corrected chi connectivity index (χ0v) is 9.75. The maximum atomic E-state index is 5.73. The van der Waals surface area contributed by atoms with Gasteiger partial charge in [-0.05, 0) is 12.1 Å². The lowest BCUT2D eigenvalue weighted by Gasteiger charge is -1.97. The van der Waals surface area contributed by atoms with Crippen molar-refractivity contribution in [2.24, 2.45) is 14.1 Å². The summed E-state index contributed by atoms with van der Waals surface area (Å²) < 4.78 is 3.80. The number of aromatic nitrogens is 4. The molecule has 0 aliphatic heterocycles. The van der Waals surface area contributed by atoms with Crippen LogP contribution in [0.1, 0.15) is 0 Å². The summed E-state index contributed by atoms with van der Waals surface area (Å²) in [5.41, 5.74) is 9.71. The van der Waals surface area contributed by atoms with Gasteiger partial charge < -0.3 is 14.9 Å². The Kier molecular flexibility index (Phi) is 1.95. The van der Waals surface area contributed by atoms with Crippen LogP contribution in [-0.4, -0.2) is 19.1 Å². The van der Waals surface area contributed by atoms with Gasteiger partial charge in [-0.1, -0.05) is 6.07 Å². The van der Waals surface area contributed by atoms with E-state index in [2.05, 4.69) is 9.97 Å². The van der Waals surface area contributed by atoms with Gasteiger partial charge in [0.2, 0.25) is 0 Å². The minimum atomic E-state index is 0.515. The standard InChI is InChI=1S/C12H13N5/c1-16-6-10(15-12(16)13)8-3-4-11-9(5-8)14-7-17(11)2/h3-7H,1-2H3,(H2,13,15). The van der Waals surface area contributed by atoms with Gasteiger partial charge in [0.15, 0.2) is 5.95 Å². The summed E-state index contributed by atoms with van der Waals surface area (Å²) in [5.74, 6) is 0.515. The van der Waals surface area contributed by atoms with Gasteiger partial charge in [0.25, 0.3) is 0 Å². The van der Waals surface area contributed by atoms with E-state index in [4.69, 9.17) is 5.73 Å². The lowest BCUT2D eigenvalue weighted by molar-refractivity contribution is 0.930.